The van der Waals surface area contributed by atoms with Gasteiger partial charge in [-0.3, -0.25) is 9.59 Å². The van der Waals surface area contributed by atoms with Crippen molar-refractivity contribution in [2.45, 2.75) is 328 Å². The zero-order valence-corrected chi connectivity index (χ0v) is 43.2. The Morgan fingerprint density at radius 2 is 0.750 bits per heavy atom. The van der Waals surface area contributed by atoms with Crippen LogP contribution >= 0.6 is 0 Å². The van der Waals surface area contributed by atoms with Crippen molar-refractivity contribution in [3.8, 4) is 0 Å². The lowest BCUT2D eigenvalue weighted by molar-refractivity contribution is -0.151. The topological polar surface area (TPSA) is 95.9 Å². The average Bonchev–Trinajstić information content (AvgIpc) is 3.29. The molecule has 6 heteroatoms. The number of rotatable bonds is 52. The lowest BCUT2D eigenvalue weighted by Crippen LogP contribution is -2.46. The van der Waals surface area contributed by atoms with E-state index in [1.165, 1.54) is 199 Å². The van der Waals surface area contributed by atoms with Gasteiger partial charge in [-0.1, -0.05) is 244 Å². The molecule has 0 saturated heterocycles. The van der Waals surface area contributed by atoms with Gasteiger partial charge in [-0.05, 0) is 77.0 Å². The summed E-state index contributed by atoms with van der Waals surface area (Å²) in [5.41, 5.74) is 0. The molecular weight excluding hydrogens is 791 g/mol. The van der Waals surface area contributed by atoms with Crippen LogP contribution in [0.25, 0.3) is 0 Å². The zero-order valence-electron chi connectivity index (χ0n) is 43.2. The van der Waals surface area contributed by atoms with E-state index in [0.29, 0.717) is 19.3 Å². The molecule has 6 nitrogen and oxygen atoms in total. The second kappa shape index (κ2) is 52.3. The van der Waals surface area contributed by atoms with Crippen LogP contribution in [0.15, 0.2) is 24.3 Å². The number of carbonyl (C=O) groups is 2. The summed E-state index contributed by atoms with van der Waals surface area (Å²) in [6.45, 7) is 6.50. The molecule has 0 radical (unpaired) electrons. The number of ether oxygens (including phenoxy) is 1. The summed E-state index contributed by atoms with van der Waals surface area (Å²) in [6.07, 6.45) is 61.0. The Balaban J connectivity index is 4.55. The minimum atomic E-state index is -0.791. The number of aliphatic hydroxyl groups is 2. The van der Waals surface area contributed by atoms with E-state index in [9.17, 15) is 19.8 Å². The number of allylic oxidation sites excluding steroid dienone is 4. The van der Waals surface area contributed by atoms with E-state index in [0.717, 1.165) is 64.2 Å². The monoisotopic (exact) mass is 902 g/mol. The summed E-state index contributed by atoms with van der Waals surface area (Å²) in [5, 5.41) is 23.9. The highest BCUT2D eigenvalue weighted by molar-refractivity contribution is 5.77. The number of hydrogen-bond donors (Lipinski definition) is 3. The second-order valence-electron chi connectivity index (χ2n) is 19.7. The first kappa shape index (κ1) is 62.3. The molecule has 0 fully saturated rings. The number of amides is 1. The number of unbranched alkanes of at least 4 members (excludes halogenated alkanes) is 36. The SMILES string of the molecule is CCCCCCCC/C=C\CCCCCC(=O)OC(CCCCC/C=C/CCCCCCCCCCC)CC(=O)NC(CO)C(O)CCCCCCCCCCCCCCCCCC. The Bertz CT molecular complexity index is 1010. The second-order valence-corrected chi connectivity index (χ2v) is 19.7. The number of aliphatic hydroxyl groups excluding tert-OH is 2. The van der Waals surface area contributed by atoms with Crippen LogP contribution in [0, 0.1) is 0 Å². The molecule has 0 saturated carbocycles. The van der Waals surface area contributed by atoms with Crippen LogP contribution in [0.2, 0.25) is 0 Å². The van der Waals surface area contributed by atoms with Gasteiger partial charge in [-0.25, -0.2) is 0 Å². The quantitative estimate of drug-likeness (QED) is 0.0321. The van der Waals surface area contributed by atoms with Gasteiger partial charge in [0.2, 0.25) is 5.91 Å². The summed E-state index contributed by atoms with van der Waals surface area (Å²) in [5.74, 6) is -0.492. The number of carbonyl (C=O) groups excluding carboxylic acids is 2. The normalized spacial score (nSPS) is 13.3. The molecule has 0 aromatic heterocycles. The number of esters is 1. The van der Waals surface area contributed by atoms with Crippen molar-refractivity contribution >= 4 is 11.9 Å². The number of hydrogen-bond acceptors (Lipinski definition) is 5. The summed E-state index contributed by atoms with van der Waals surface area (Å²) in [4.78, 5) is 26.2. The Morgan fingerprint density at radius 3 is 1.12 bits per heavy atom. The van der Waals surface area contributed by atoms with Crippen LogP contribution in [0.3, 0.4) is 0 Å². The van der Waals surface area contributed by atoms with Crippen LogP contribution < -0.4 is 5.32 Å². The largest absolute Gasteiger partial charge is 0.462 e. The molecule has 0 aliphatic heterocycles. The molecule has 64 heavy (non-hydrogen) atoms. The Morgan fingerprint density at radius 1 is 0.438 bits per heavy atom. The zero-order chi connectivity index (χ0) is 46.7. The molecule has 3 atom stereocenters. The van der Waals surface area contributed by atoms with Crippen molar-refractivity contribution in [2.75, 3.05) is 6.61 Å². The third kappa shape index (κ3) is 46.9. The molecule has 0 heterocycles. The van der Waals surface area contributed by atoms with E-state index in [1.54, 1.807) is 0 Å². The first-order valence-corrected chi connectivity index (χ1v) is 28.6. The standard InChI is InChI=1S/C58H111NO5/c1-4-7-10-13-16-19-22-25-27-29-32-34-37-40-43-46-49-54(64-58(63)51-48-45-42-39-36-31-24-21-18-15-12-9-6-3)52-57(62)59-55(53-60)56(61)50-47-44-41-38-35-33-30-28-26-23-20-17-14-11-8-5-2/h31-32,34,36,54-56,60-61H,4-30,33,35,37-53H2,1-3H3,(H,59,62)/b34-32+,36-31-. The van der Waals surface area contributed by atoms with Gasteiger partial charge in [0.05, 0.1) is 25.2 Å². The minimum absolute atomic E-state index is 0.0655. The molecule has 0 bridgehead atoms. The van der Waals surface area contributed by atoms with Gasteiger partial charge in [0.1, 0.15) is 6.10 Å². The predicted molar refractivity (Wildman–Crippen MR) is 278 cm³/mol. The Hall–Kier alpha value is -1.66. The number of nitrogens with one attached hydrogen (secondary N) is 1. The maximum Gasteiger partial charge on any atom is 0.306 e. The fourth-order valence-corrected chi connectivity index (χ4v) is 8.89. The van der Waals surface area contributed by atoms with Crippen LogP contribution in [-0.4, -0.2) is 46.9 Å². The van der Waals surface area contributed by atoms with Crippen molar-refractivity contribution in [3.63, 3.8) is 0 Å². The lowest BCUT2D eigenvalue weighted by Gasteiger charge is -2.24. The fraction of sp³-hybridized carbons (Fsp3) is 0.897. The molecule has 0 aliphatic carbocycles. The molecule has 3 N–H and O–H groups in total. The highest BCUT2D eigenvalue weighted by Crippen LogP contribution is 2.18. The molecular formula is C58H111NO5. The van der Waals surface area contributed by atoms with Gasteiger partial charge in [-0.2, -0.15) is 0 Å². The van der Waals surface area contributed by atoms with Crippen LogP contribution in [0.4, 0.5) is 0 Å². The maximum atomic E-state index is 13.2. The molecule has 0 aromatic carbocycles. The van der Waals surface area contributed by atoms with Crippen molar-refractivity contribution < 1.29 is 24.5 Å². The van der Waals surface area contributed by atoms with Gasteiger partial charge >= 0.3 is 5.97 Å². The molecule has 0 spiro atoms. The summed E-state index contributed by atoms with van der Waals surface area (Å²) in [7, 11) is 0. The van der Waals surface area contributed by atoms with Crippen LogP contribution in [0.5, 0.6) is 0 Å². The smallest absolute Gasteiger partial charge is 0.306 e. The Kier molecular flexibility index (Phi) is 51.0. The summed E-state index contributed by atoms with van der Waals surface area (Å²) < 4.78 is 5.94. The van der Waals surface area contributed by atoms with Crippen molar-refractivity contribution in [3.05, 3.63) is 24.3 Å². The first-order valence-electron chi connectivity index (χ1n) is 28.6. The molecule has 0 aromatic rings. The van der Waals surface area contributed by atoms with Gasteiger partial charge in [0, 0.05) is 6.42 Å². The molecule has 0 aliphatic rings. The fourth-order valence-electron chi connectivity index (χ4n) is 8.89. The molecule has 378 valence electrons. The average molecular weight is 903 g/mol. The summed E-state index contributed by atoms with van der Waals surface area (Å²) in [6, 6.07) is -0.706. The van der Waals surface area contributed by atoms with Crippen molar-refractivity contribution in [1.82, 2.24) is 5.32 Å². The van der Waals surface area contributed by atoms with Gasteiger partial charge in [0.15, 0.2) is 0 Å². The van der Waals surface area contributed by atoms with Gasteiger partial charge < -0.3 is 20.3 Å². The molecule has 0 rings (SSSR count). The van der Waals surface area contributed by atoms with Crippen LogP contribution in [0.1, 0.15) is 310 Å². The van der Waals surface area contributed by atoms with E-state index >= 15 is 0 Å². The third-order valence-electron chi connectivity index (χ3n) is 13.3. The van der Waals surface area contributed by atoms with Crippen molar-refractivity contribution in [2.24, 2.45) is 0 Å². The highest BCUT2D eigenvalue weighted by Gasteiger charge is 2.24. The van der Waals surface area contributed by atoms with E-state index in [1.807, 2.05) is 0 Å². The molecule has 3 unspecified atom stereocenters. The van der Waals surface area contributed by atoms with Gasteiger partial charge in [-0.15, -0.1) is 0 Å². The van der Waals surface area contributed by atoms with E-state index in [-0.39, 0.29) is 24.9 Å². The third-order valence-corrected chi connectivity index (χ3v) is 13.3. The highest BCUT2D eigenvalue weighted by atomic mass is 16.5. The first-order chi connectivity index (χ1) is 31.5. The van der Waals surface area contributed by atoms with E-state index in [2.05, 4.69) is 50.4 Å². The Labute approximate surface area is 399 Å². The predicted octanol–water partition coefficient (Wildman–Crippen LogP) is 17.5. The minimum Gasteiger partial charge on any atom is -0.462 e. The van der Waals surface area contributed by atoms with Gasteiger partial charge in [0.25, 0.3) is 0 Å². The van der Waals surface area contributed by atoms with Crippen molar-refractivity contribution in [1.29, 1.82) is 0 Å². The summed E-state index contributed by atoms with van der Waals surface area (Å²) >= 11 is 0. The maximum absolute atomic E-state index is 13.2. The lowest BCUT2D eigenvalue weighted by atomic mass is 10.0. The van der Waals surface area contributed by atoms with E-state index in [4.69, 9.17) is 4.74 Å². The molecule has 1 amide bonds. The van der Waals surface area contributed by atoms with Crippen LogP contribution in [-0.2, 0) is 14.3 Å². The van der Waals surface area contributed by atoms with E-state index < -0.39 is 18.2 Å².